The first-order valence-corrected chi connectivity index (χ1v) is 11.3. The van der Waals surface area contributed by atoms with Crippen molar-refractivity contribution in [1.29, 1.82) is 0 Å². The number of benzene rings is 3. The lowest BCUT2D eigenvalue weighted by Crippen LogP contribution is -2.32. The highest BCUT2D eigenvalue weighted by Gasteiger charge is 2.35. The molecule has 0 spiro atoms. The Morgan fingerprint density at radius 2 is 1.94 bits per heavy atom. The molecule has 0 saturated carbocycles. The lowest BCUT2D eigenvalue weighted by atomic mass is 9.98. The first-order valence-electron chi connectivity index (χ1n) is 10.9. The Kier molecular flexibility index (Phi) is 5.94. The number of carbonyl (C=O) groups excluding carboxylic acids is 1. The van der Waals surface area contributed by atoms with E-state index < -0.39 is 0 Å². The normalized spacial score (nSPS) is 16.0. The summed E-state index contributed by atoms with van der Waals surface area (Å²) >= 11 is 6.36. The van der Waals surface area contributed by atoms with E-state index in [0.29, 0.717) is 53.2 Å². The molecule has 0 atom stereocenters. The summed E-state index contributed by atoms with van der Waals surface area (Å²) in [5.74, 6) is 2.48. The minimum atomic E-state index is -0.164. The molecular formula is C27H24ClNO5. The summed E-state index contributed by atoms with van der Waals surface area (Å²) in [6.45, 7) is 3.52. The van der Waals surface area contributed by atoms with Crippen molar-refractivity contribution in [3.8, 4) is 23.0 Å². The summed E-state index contributed by atoms with van der Waals surface area (Å²) in [5, 5.41) is 0.714. The second kappa shape index (κ2) is 9.05. The van der Waals surface area contributed by atoms with E-state index in [4.69, 9.17) is 30.5 Å². The smallest absolute Gasteiger partial charge is 0.232 e. The maximum Gasteiger partial charge on any atom is 0.232 e. The van der Waals surface area contributed by atoms with Gasteiger partial charge in [0.15, 0.2) is 17.3 Å². The lowest BCUT2D eigenvalue weighted by molar-refractivity contribution is 0.0872. The number of halogens is 1. The molecule has 2 aliphatic rings. The van der Waals surface area contributed by atoms with Crippen LogP contribution in [-0.2, 0) is 13.1 Å². The van der Waals surface area contributed by atoms with Gasteiger partial charge in [0, 0.05) is 23.7 Å². The third kappa shape index (κ3) is 3.89. The highest BCUT2D eigenvalue weighted by molar-refractivity contribution is 6.31. The van der Waals surface area contributed by atoms with E-state index in [1.165, 1.54) is 0 Å². The standard InChI is InChI=1S/C27H24ClNO5/c1-16-11-22-19(14-29(15-33-22)13-18-7-4-5-9-20(18)28)27-24(16)25(30)23(34-27)12-17-8-6-10-21(31-2)26(17)32-3/h4-12H,13-15H2,1-3H3/b23-12-. The lowest BCUT2D eigenvalue weighted by Gasteiger charge is -2.30. The third-order valence-electron chi connectivity index (χ3n) is 6.06. The molecule has 0 aromatic heterocycles. The number of nitrogens with zero attached hydrogens (tertiary/aromatic N) is 1. The topological polar surface area (TPSA) is 57.2 Å². The van der Waals surface area contributed by atoms with E-state index in [2.05, 4.69) is 4.90 Å². The number of rotatable bonds is 5. The fraction of sp³-hybridized carbons (Fsp3) is 0.222. The SMILES string of the molecule is COc1cccc(/C=C2\Oc3c4c(cc(C)c3C2=O)OCN(Cc2ccccc2Cl)C4)c1OC. The van der Waals surface area contributed by atoms with Crippen molar-refractivity contribution in [3.63, 3.8) is 0 Å². The van der Waals surface area contributed by atoms with Crippen molar-refractivity contribution in [2.45, 2.75) is 20.0 Å². The Bertz CT molecular complexity index is 1320. The van der Waals surface area contributed by atoms with Crippen molar-refractivity contribution in [2.24, 2.45) is 0 Å². The zero-order valence-electron chi connectivity index (χ0n) is 19.2. The van der Waals surface area contributed by atoms with Gasteiger partial charge < -0.3 is 18.9 Å². The van der Waals surface area contributed by atoms with Gasteiger partial charge in [-0.1, -0.05) is 41.9 Å². The molecule has 2 heterocycles. The van der Waals surface area contributed by atoms with Gasteiger partial charge in [0.2, 0.25) is 5.78 Å². The second-order valence-electron chi connectivity index (χ2n) is 8.25. The summed E-state index contributed by atoms with van der Waals surface area (Å²) in [6, 6.07) is 15.2. The van der Waals surface area contributed by atoms with Crippen molar-refractivity contribution < 1.29 is 23.7 Å². The maximum absolute atomic E-state index is 13.3. The third-order valence-corrected chi connectivity index (χ3v) is 6.43. The predicted octanol–water partition coefficient (Wildman–Crippen LogP) is 5.63. The van der Waals surface area contributed by atoms with Crippen LogP contribution >= 0.6 is 11.6 Å². The van der Waals surface area contributed by atoms with Gasteiger partial charge in [-0.2, -0.15) is 0 Å². The maximum atomic E-state index is 13.3. The highest BCUT2D eigenvalue weighted by Crippen LogP contribution is 2.45. The molecule has 3 aromatic carbocycles. The molecule has 3 aromatic rings. The van der Waals surface area contributed by atoms with Crippen molar-refractivity contribution in [1.82, 2.24) is 4.90 Å². The second-order valence-corrected chi connectivity index (χ2v) is 8.66. The van der Waals surface area contributed by atoms with Gasteiger partial charge >= 0.3 is 0 Å². The molecule has 0 saturated heterocycles. The molecule has 0 bridgehead atoms. The molecule has 0 N–H and O–H groups in total. The molecule has 0 aliphatic carbocycles. The van der Waals surface area contributed by atoms with Gasteiger partial charge in [0.25, 0.3) is 0 Å². The van der Waals surface area contributed by atoms with E-state index in [0.717, 1.165) is 22.4 Å². The number of hydrogen-bond acceptors (Lipinski definition) is 6. The largest absolute Gasteiger partial charge is 0.493 e. The Morgan fingerprint density at radius 1 is 1.12 bits per heavy atom. The predicted molar refractivity (Wildman–Crippen MR) is 130 cm³/mol. The van der Waals surface area contributed by atoms with Crippen LogP contribution in [0.4, 0.5) is 0 Å². The number of carbonyl (C=O) groups is 1. The van der Waals surface area contributed by atoms with Crippen LogP contribution in [0.3, 0.4) is 0 Å². The first kappa shape index (κ1) is 22.3. The van der Waals surface area contributed by atoms with Gasteiger partial charge in [-0.25, -0.2) is 0 Å². The van der Waals surface area contributed by atoms with Crippen molar-refractivity contribution in [3.05, 3.63) is 87.1 Å². The molecule has 2 aliphatic heterocycles. The average Bonchev–Trinajstić information content (AvgIpc) is 3.17. The number of Topliss-reactive ketones (excluding diaryl/α,β-unsaturated/α-hetero) is 1. The number of hydrogen-bond donors (Lipinski definition) is 0. The Balaban J connectivity index is 1.49. The van der Waals surface area contributed by atoms with Crippen LogP contribution < -0.4 is 18.9 Å². The van der Waals surface area contributed by atoms with Crippen LogP contribution in [0.2, 0.25) is 5.02 Å². The van der Waals surface area contributed by atoms with Crippen LogP contribution in [0.25, 0.3) is 6.08 Å². The number of ether oxygens (including phenoxy) is 4. The van der Waals surface area contributed by atoms with E-state index in [1.807, 2.05) is 49.4 Å². The van der Waals surface area contributed by atoms with E-state index >= 15 is 0 Å². The van der Waals surface area contributed by atoms with Crippen molar-refractivity contribution >= 4 is 23.5 Å². The molecule has 5 rings (SSSR count). The van der Waals surface area contributed by atoms with Gasteiger partial charge in [0.1, 0.15) is 18.2 Å². The Labute approximate surface area is 203 Å². The summed E-state index contributed by atoms with van der Waals surface area (Å²) in [5.41, 5.74) is 3.95. The van der Waals surface area contributed by atoms with Crippen LogP contribution in [0.1, 0.15) is 32.6 Å². The van der Waals surface area contributed by atoms with Crippen LogP contribution in [0.15, 0.2) is 54.3 Å². The fourth-order valence-corrected chi connectivity index (χ4v) is 4.61. The zero-order valence-corrected chi connectivity index (χ0v) is 19.9. The average molecular weight is 478 g/mol. The van der Waals surface area contributed by atoms with E-state index in [9.17, 15) is 4.79 Å². The number of methoxy groups -OCH3 is 2. The van der Waals surface area contributed by atoms with Gasteiger partial charge in [-0.3, -0.25) is 9.69 Å². The monoisotopic (exact) mass is 477 g/mol. The number of allylic oxidation sites excluding steroid dienone is 1. The summed E-state index contributed by atoms with van der Waals surface area (Å²) in [4.78, 5) is 15.5. The van der Waals surface area contributed by atoms with Crippen LogP contribution in [0, 0.1) is 6.92 Å². The van der Waals surface area contributed by atoms with Crippen LogP contribution in [-0.4, -0.2) is 31.6 Å². The number of fused-ring (bicyclic) bond motifs is 3. The quantitative estimate of drug-likeness (QED) is 0.444. The zero-order chi connectivity index (χ0) is 23.8. The minimum absolute atomic E-state index is 0.164. The van der Waals surface area contributed by atoms with Crippen LogP contribution in [0.5, 0.6) is 23.0 Å². The molecular weight excluding hydrogens is 454 g/mol. The molecule has 6 nitrogen and oxygen atoms in total. The van der Waals surface area contributed by atoms with E-state index in [-0.39, 0.29) is 11.5 Å². The van der Waals surface area contributed by atoms with Gasteiger partial charge in [-0.05, 0) is 42.3 Å². The van der Waals surface area contributed by atoms with Crippen molar-refractivity contribution in [2.75, 3.05) is 21.0 Å². The minimum Gasteiger partial charge on any atom is -0.493 e. The molecule has 34 heavy (non-hydrogen) atoms. The number of para-hydroxylation sites is 1. The molecule has 7 heteroatoms. The van der Waals surface area contributed by atoms with E-state index in [1.54, 1.807) is 26.4 Å². The highest BCUT2D eigenvalue weighted by atomic mass is 35.5. The van der Waals surface area contributed by atoms with Gasteiger partial charge in [-0.15, -0.1) is 0 Å². The molecule has 0 unspecified atom stereocenters. The molecule has 0 amide bonds. The Hall–Kier alpha value is -3.48. The molecule has 0 fully saturated rings. The number of aryl methyl sites for hydroxylation is 1. The number of ketones is 1. The fourth-order valence-electron chi connectivity index (χ4n) is 4.41. The van der Waals surface area contributed by atoms with Gasteiger partial charge in [0.05, 0.1) is 25.3 Å². The summed E-state index contributed by atoms with van der Waals surface area (Å²) in [7, 11) is 3.14. The summed E-state index contributed by atoms with van der Waals surface area (Å²) < 4.78 is 23.1. The first-order chi connectivity index (χ1) is 16.5. The molecule has 174 valence electrons. The molecule has 0 radical (unpaired) electrons. The summed E-state index contributed by atoms with van der Waals surface area (Å²) in [6.07, 6.45) is 1.70. The Morgan fingerprint density at radius 3 is 2.71 bits per heavy atom.